The van der Waals surface area contributed by atoms with Crippen molar-refractivity contribution < 1.29 is 0 Å². The van der Waals surface area contributed by atoms with Crippen LogP contribution in [0, 0.1) is 0 Å². The number of aromatic nitrogens is 4. The molecule has 0 saturated heterocycles. The molecule has 0 bridgehead atoms. The minimum atomic E-state index is 0.512. The van der Waals surface area contributed by atoms with Gasteiger partial charge in [-0.3, -0.25) is 0 Å². The van der Waals surface area contributed by atoms with Gasteiger partial charge in [-0.25, -0.2) is 9.67 Å². The topological polar surface area (TPSA) is 55.6 Å². The third-order valence-electron chi connectivity index (χ3n) is 4.25. The van der Waals surface area contributed by atoms with E-state index >= 15 is 0 Å². The fraction of sp³-hybridized carbons (Fsp3) is 0.353. The first kappa shape index (κ1) is 13.2. The molecule has 0 radical (unpaired) electrons. The van der Waals surface area contributed by atoms with Crippen molar-refractivity contribution in [2.24, 2.45) is 0 Å². The van der Waals surface area contributed by atoms with Gasteiger partial charge in [-0.1, -0.05) is 31.4 Å². The number of benzene rings is 1. The van der Waals surface area contributed by atoms with Crippen LogP contribution in [-0.2, 0) is 0 Å². The monoisotopic (exact) mass is 293 g/mol. The molecule has 1 aromatic carbocycles. The number of hydrogen-bond donors (Lipinski definition) is 1. The zero-order valence-corrected chi connectivity index (χ0v) is 12.4. The number of nitrogens with zero attached hydrogens (tertiary/aromatic N) is 4. The van der Waals surface area contributed by atoms with Gasteiger partial charge in [0.25, 0.3) is 5.95 Å². The van der Waals surface area contributed by atoms with E-state index in [1.54, 1.807) is 10.9 Å². The van der Waals surface area contributed by atoms with Crippen LogP contribution in [-0.4, -0.2) is 25.8 Å². The lowest BCUT2D eigenvalue weighted by Gasteiger charge is -2.24. The molecule has 0 spiro atoms. The summed E-state index contributed by atoms with van der Waals surface area (Å²) in [7, 11) is 0. The summed E-state index contributed by atoms with van der Waals surface area (Å²) in [5.41, 5.74) is 0.946. The summed E-state index contributed by atoms with van der Waals surface area (Å²) in [5, 5.41) is 8.95. The van der Waals surface area contributed by atoms with Crippen LogP contribution in [0.2, 0.25) is 0 Å². The van der Waals surface area contributed by atoms with Gasteiger partial charge in [-0.05, 0) is 31.0 Å². The molecule has 0 unspecified atom stereocenters. The van der Waals surface area contributed by atoms with Gasteiger partial charge in [0.1, 0.15) is 5.82 Å². The first-order valence-corrected chi connectivity index (χ1v) is 7.93. The van der Waals surface area contributed by atoms with Crippen LogP contribution in [0.25, 0.3) is 16.9 Å². The fourth-order valence-electron chi connectivity index (χ4n) is 3.10. The molecule has 1 aliphatic carbocycles. The van der Waals surface area contributed by atoms with Crippen molar-refractivity contribution in [2.75, 3.05) is 5.32 Å². The number of fused-ring (bicyclic) bond motifs is 1. The number of nitrogens with one attached hydrogen (secondary N) is 1. The maximum atomic E-state index is 4.72. The van der Waals surface area contributed by atoms with Gasteiger partial charge in [-0.15, -0.1) is 0 Å². The van der Waals surface area contributed by atoms with Crippen molar-refractivity contribution in [1.82, 2.24) is 19.7 Å². The highest BCUT2D eigenvalue weighted by Gasteiger charge is 2.16. The normalized spacial score (nSPS) is 16.0. The molecule has 4 rings (SSSR count). The van der Waals surface area contributed by atoms with E-state index in [2.05, 4.69) is 21.5 Å². The van der Waals surface area contributed by atoms with E-state index in [0.29, 0.717) is 12.0 Å². The zero-order valence-electron chi connectivity index (χ0n) is 12.4. The molecular formula is C17H19N5. The summed E-state index contributed by atoms with van der Waals surface area (Å²) in [6, 6.07) is 10.5. The summed E-state index contributed by atoms with van der Waals surface area (Å²) in [6.45, 7) is 0. The van der Waals surface area contributed by atoms with Gasteiger partial charge >= 0.3 is 0 Å². The molecule has 0 atom stereocenters. The Bertz CT molecular complexity index is 760. The van der Waals surface area contributed by atoms with Crippen molar-refractivity contribution in [2.45, 2.75) is 38.1 Å². The van der Waals surface area contributed by atoms with Gasteiger partial charge in [0.05, 0.1) is 5.52 Å². The average molecular weight is 293 g/mol. The second kappa shape index (κ2) is 5.75. The third-order valence-corrected chi connectivity index (χ3v) is 4.25. The highest BCUT2D eigenvalue weighted by molar-refractivity contribution is 5.89. The van der Waals surface area contributed by atoms with E-state index in [-0.39, 0.29) is 0 Å². The lowest BCUT2D eigenvalue weighted by Crippen LogP contribution is -2.23. The highest BCUT2D eigenvalue weighted by Crippen LogP contribution is 2.26. The Balaban J connectivity index is 1.77. The maximum Gasteiger partial charge on any atom is 0.253 e. The Kier molecular flexibility index (Phi) is 3.46. The van der Waals surface area contributed by atoms with Crippen LogP contribution in [0.4, 0.5) is 5.82 Å². The molecule has 112 valence electrons. The molecule has 1 N–H and O–H groups in total. The van der Waals surface area contributed by atoms with Crippen molar-refractivity contribution >= 4 is 16.7 Å². The summed E-state index contributed by atoms with van der Waals surface area (Å²) < 4.78 is 1.71. The lowest BCUT2D eigenvalue weighted by molar-refractivity contribution is 0.462. The molecule has 1 saturated carbocycles. The van der Waals surface area contributed by atoms with Gasteiger partial charge in [-0.2, -0.15) is 10.1 Å². The second-order valence-electron chi connectivity index (χ2n) is 5.82. The summed E-state index contributed by atoms with van der Waals surface area (Å²) >= 11 is 0. The predicted octanol–water partition coefficient (Wildman–Crippen LogP) is 3.56. The first-order chi connectivity index (χ1) is 10.9. The van der Waals surface area contributed by atoms with Crippen molar-refractivity contribution in [1.29, 1.82) is 0 Å². The van der Waals surface area contributed by atoms with Crippen LogP contribution in [0.1, 0.15) is 32.1 Å². The minimum absolute atomic E-state index is 0.512. The molecule has 1 fully saturated rings. The highest BCUT2D eigenvalue weighted by atomic mass is 15.3. The second-order valence-corrected chi connectivity index (χ2v) is 5.82. The van der Waals surface area contributed by atoms with E-state index in [1.807, 2.05) is 30.5 Å². The molecule has 3 aromatic rings. The maximum absolute atomic E-state index is 4.72. The summed E-state index contributed by atoms with van der Waals surface area (Å²) in [5.74, 6) is 1.53. The average Bonchev–Trinajstić information content (AvgIpc) is 3.10. The Labute approximate surface area is 129 Å². The Morgan fingerprint density at radius 1 is 1.00 bits per heavy atom. The zero-order chi connectivity index (χ0) is 14.8. The summed E-state index contributed by atoms with van der Waals surface area (Å²) in [6.07, 6.45) is 9.99. The van der Waals surface area contributed by atoms with Crippen LogP contribution in [0.15, 0.2) is 42.7 Å². The van der Waals surface area contributed by atoms with Crippen LogP contribution >= 0.6 is 0 Å². The number of para-hydroxylation sites is 1. The lowest BCUT2D eigenvalue weighted by atomic mass is 9.95. The van der Waals surface area contributed by atoms with E-state index in [1.165, 1.54) is 32.1 Å². The Hall–Kier alpha value is -2.43. The molecular weight excluding hydrogens is 274 g/mol. The van der Waals surface area contributed by atoms with Gasteiger partial charge in [0, 0.05) is 23.8 Å². The molecule has 0 amide bonds. The van der Waals surface area contributed by atoms with E-state index in [4.69, 9.17) is 4.98 Å². The summed E-state index contributed by atoms with van der Waals surface area (Å²) in [4.78, 5) is 9.34. The SMILES string of the molecule is c1ccc2c(NC3CCCCC3)nc(-n3cccn3)nc2c1. The molecule has 2 heterocycles. The quantitative estimate of drug-likeness (QED) is 0.802. The minimum Gasteiger partial charge on any atom is -0.367 e. The Morgan fingerprint density at radius 3 is 2.68 bits per heavy atom. The van der Waals surface area contributed by atoms with E-state index in [0.717, 1.165) is 16.7 Å². The van der Waals surface area contributed by atoms with Crippen LogP contribution < -0.4 is 5.32 Å². The predicted molar refractivity (Wildman–Crippen MR) is 87.2 cm³/mol. The van der Waals surface area contributed by atoms with Gasteiger partial charge < -0.3 is 5.32 Å². The molecule has 0 aliphatic heterocycles. The Morgan fingerprint density at radius 2 is 1.86 bits per heavy atom. The van der Waals surface area contributed by atoms with E-state index in [9.17, 15) is 0 Å². The molecule has 22 heavy (non-hydrogen) atoms. The number of rotatable bonds is 3. The fourth-order valence-corrected chi connectivity index (χ4v) is 3.10. The molecule has 2 aromatic heterocycles. The van der Waals surface area contributed by atoms with Crippen molar-refractivity contribution in [3.8, 4) is 5.95 Å². The van der Waals surface area contributed by atoms with Crippen molar-refractivity contribution in [3.63, 3.8) is 0 Å². The first-order valence-electron chi connectivity index (χ1n) is 7.93. The smallest absolute Gasteiger partial charge is 0.253 e. The van der Waals surface area contributed by atoms with Crippen molar-refractivity contribution in [3.05, 3.63) is 42.7 Å². The van der Waals surface area contributed by atoms with E-state index < -0.39 is 0 Å². The molecule has 5 heteroatoms. The number of hydrogen-bond acceptors (Lipinski definition) is 4. The van der Waals surface area contributed by atoms with Crippen LogP contribution in [0.3, 0.4) is 0 Å². The van der Waals surface area contributed by atoms with Crippen LogP contribution in [0.5, 0.6) is 0 Å². The van der Waals surface area contributed by atoms with Gasteiger partial charge in [0.15, 0.2) is 0 Å². The number of anilines is 1. The standard InChI is InChI=1S/C17H19N5/c1-2-7-13(8-3-1)19-16-14-9-4-5-10-15(14)20-17(21-16)22-12-6-11-18-22/h4-6,9-13H,1-3,7-8H2,(H,19,20,21). The largest absolute Gasteiger partial charge is 0.367 e. The molecule has 5 nitrogen and oxygen atoms in total. The molecule has 1 aliphatic rings. The third kappa shape index (κ3) is 2.54. The van der Waals surface area contributed by atoms with Gasteiger partial charge in [0.2, 0.25) is 0 Å².